The largest absolute Gasteiger partial charge is 0.375 e. The molecule has 0 aromatic heterocycles. The third-order valence-electron chi connectivity index (χ3n) is 4.73. The highest BCUT2D eigenvalue weighted by molar-refractivity contribution is 5.32. The van der Waals surface area contributed by atoms with Crippen LogP contribution in [0.15, 0.2) is 42.6 Å². The summed E-state index contributed by atoms with van der Waals surface area (Å²) in [5.74, 6) is 1.46. The molecule has 0 radical (unpaired) electrons. The molecule has 0 spiro atoms. The second kappa shape index (κ2) is 6.03. The van der Waals surface area contributed by atoms with Crippen molar-refractivity contribution < 1.29 is 0 Å². The average molecular weight is 271 g/mol. The second-order valence-corrected chi connectivity index (χ2v) is 6.90. The van der Waals surface area contributed by atoms with Gasteiger partial charge in [0.2, 0.25) is 0 Å². The predicted molar refractivity (Wildman–Crippen MR) is 87.7 cm³/mol. The quantitative estimate of drug-likeness (QED) is 0.685. The summed E-state index contributed by atoms with van der Waals surface area (Å²) in [6, 6.07) is 11.0. The first kappa shape index (κ1) is 15.2. The Morgan fingerprint density at radius 2 is 2.00 bits per heavy atom. The molecule has 1 fully saturated rings. The van der Waals surface area contributed by atoms with Crippen molar-refractivity contribution in [2.75, 3.05) is 13.1 Å². The zero-order chi connectivity index (χ0) is 14.8. The van der Waals surface area contributed by atoms with Crippen molar-refractivity contribution in [3.05, 3.63) is 48.2 Å². The highest BCUT2D eigenvalue weighted by atomic mass is 15.1. The van der Waals surface area contributed by atoms with Gasteiger partial charge in [-0.2, -0.15) is 0 Å². The van der Waals surface area contributed by atoms with Gasteiger partial charge in [-0.3, -0.25) is 0 Å². The fraction of sp³-hybridized carbons (Fsp3) is 0.579. The van der Waals surface area contributed by atoms with Gasteiger partial charge in [0, 0.05) is 18.8 Å². The smallest absolute Gasteiger partial charge is 0.0211 e. The van der Waals surface area contributed by atoms with Crippen LogP contribution < -0.4 is 0 Å². The van der Waals surface area contributed by atoms with Gasteiger partial charge in [0.1, 0.15) is 0 Å². The molecule has 0 aliphatic heterocycles. The van der Waals surface area contributed by atoms with Gasteiger partial charge in [-0.1, -0.05) is 64.6 Å². The van der Waals surface area contributed by atoms with Crippen molar-refractivity contribution in [1.82, 2.24) is 4.90 Å². The molecule has 110 valence electrons. The summed E-state index contributed by atoms with van der Waals surface area (Å²) in [7, 11) is 0. The van der Waals surface area contributed by atoms with E-state index in [-0.39, 0.29) is 0 Å². The Morgan fingerprint density at radius 1 is 1.35 bits per heavy atom. The Balaban J connectivity index is 2.01. The van der Waals surface area contributed by atoms with Crippen LogP contribution in [0.2, 0.25) is 0 Å². The van der Waals surface area contributed by atoms with E-state index in [0.717, 1.165) is 25.4 Å². The first-order chi connectivity index (χ1) is 9.47. The lowest BCUT2D eigenvalue weighted by atomic mass is 9.95. The molecule has 1 aromatic rings. The molecule has 1 heteroatoms. The summed E-state index contributed by atoms with van der Waals surface area (Å²) in [4.78, 5) is 2.52. The van der Waals surface area contributed by atoms with Gasteiger partial charge in [-0.05, 0) is 35.7 Å². The standard InChI is InChI=1S/C19H29N/c1-6-16(4)20(13-15(2)3)14-18-12-19(18,5)17-10-8-7-9-11-17/h7-11,15,18H,4,6,12-14H2,1-3,5H3. The Labute approximate surface area is 124 Å². The minimum Gasteiger partial charge on any atom is -0.375 e. The maximum atomic E-state index is 4.25. The molecule has 1 aliphatic rings. The molecule has 0 N–H and O–H groups in total. The zero-order valence-electron chi connectivity index (χ0n) is 13.5. The van der Waals surface area contributed by atoms with Crippen LogP contribution in [0.5, 0.6) is 0 Å². The number of hydrogen-bond acceptors (Lipinski definition) is 1. The lowest BCUT2D eigenvalue weighted by Crippen LogP contribution is -2.30. The normalized spacial score (nSPS) is 24.8. The lowest BCUT2D eigenvalue weighted by molar-refractivity contribution is 0.280. The predicted octanol–water partition coefficient (Wildman–Crippen LogP) is 4.85. The zero-order valence-corrected chi connectivity index (χ0v) is 13.5. The summed E-state index contributed by atoms with van der Waals surface area (Å²) in [6.45, 7) is 15.8. The van der Waals surface area contributed by atoms with Crippen LogP contribution >= 0.6 is 0 Å². The minimum absolute atomic E-state index is 0.379. The van der Waals surface area contributed by atoms with Gasteiger partial charge in [-0.15, -0.1) is 0 Å². The van der Waals surface area contributed by atoms with Gasteiger partial charge in [-0.25, -0.2) is 0 Å². The van der Waals surface area contributed by atoms with Crippen molar-refractivity contribution in [2.45, 2.75) is 46.0 Å². The molecule has 2 unspecified atom stereocenters. The SMILES string of the molecule is C=C(CC)N(CC(C)C)CC1CC1(C)c1ccccc1. The second-order valence-electron chi connectivity index (χ2n) is 6.90. The summed E-state index contributed by atoms with van der Waals surface area (Å²) in [5.41, 5.74) is 3.17. The maximum absolute atomic E-state index is 4.25. The molecular formula is C19H29N. The lowest BCUT2D eigenvalue weighted by Gasteiger charge is -2.29. The molecule has 2 atom stereocenters. The molecular weight excluding hydrogens is 242 g/mol. The van der Waals surface area contributed by atoms with E-state index in [1.807, 2.05) is 0 Å². The summed E-state index contributed by atoms with van der Waals surface area (Å²) >= 11 is 0. The Kier molecular flexibility index (Phi) is 4.57. The fourth-order valence-corrected chi connectivity index (χ4v) is 3.15. The molecule has 20 heavy (non-hydrogen) atoms. The van der Waals surface area contributed by atoms with Crippen molar-refractivity contribution in [2.24, 2.45) is 11.8 Å². The summed E-state index contributed by atoms with van der Waals surface area (Å²) in [5, 5.41) is 0. The van der Waals surface area contributed by atoms with Crippen LogP contribution in [0.1, 0.15) is 46.1 Å². The molecule has 0 saturated heterocycles. The van der Waals surface area contributed by atoms with E-state index in [1.165, 1.54) is 17.7 Å². The molecule has 1 aromatic carbocycles. The Morgan fingerprint density at radius 3 is 2.55 bits per heavy atom. The van der Waals surface area contributed by atoms with Crippen LogP contribution in [-0.4, -0.2) is 18.0 Å². The number of benzene rings is 1. The molecule has 0 heterocycles. The highest BCUT2D eigenvalue weighted by Gasteiger charge is 2.51. The van der Waals surface area contributed by atoms with Crippen LogP contribution in [0, 0.1) is 11.8 Å². The number of rotatable bonds is 7. The van der Waals surface area contributed by atoms with E-state index < -0.39 is 0 Å². The van der Waals surface area contributed by atoms with E-state index in [1.54, 1.807) is 0 Å². The van der Waals surface area contributed by atoms with Gasteiger partial charge < -0.3 is 4.90 Å². The first-order valence-corrected chi connectivity index (χ1v) is 7.95. The van der Waals surface area contributed by atoms with Crippen molar-refractivity contribution in [3.8, 4) is 0 Å². The van der Waals surface area contributed by atoms with E-state index in [0.29, 0.717) is 11.3 Å². The number of nitrogens with zero attached hydrogens (tertiary/aromatic N) is 1. The third kappa shape index (κ3) is 3.26. The van der Waals surface area contributed by atoms with Crippen LogP contribution in [-0.2, 0) is 5.41 Å². The van der Waals surface area contributed by atoms with Gasteiger partial charge in [0.05, 0.1) is 0 Å². The molecule has 2 rings (SSSR count). The van der Waals surface area contributed by atoms with Gasteiger partial charge in [0.25, 0.3) is 0 Å². The van der Waals surface area contributed by atoms with E-state index in [4.69, 9.17) is 0 Å². The highest BCUT2D eigenvalue weighted by Crippen LogP contribution is 2.54. The van der Waals surface area contributed by atoms with Crippen LogP contribution in [0.25, 0.3) is 0 Å². The molecule has 1 nitrogen and oxygen atoms in total. The Bertz CT molecular complexity index is 448. The molecule has 1 aliphatic carbocycles. The number of hydrogen-bond donors (Lipinski definition) is 0. The minimum atomic E-state index is 0.379. The van der Waals surface area contributed by atoms with E-state index in [9.17, 15) is 0 Å². The van der Waals surface area contributed by atoms with Gasteiger partial charge in [0.15, 0.2) is 0 Å². The summed E-state index contributed by atoms with van der Waals surface area (Å²) in [6.07, 6.45) is 2.37. The topological polar surface area (TPSA) is 3.24 Å². The third-order valence-corrected chi connectivity index (χ3v) is 4.73. The van der Waals surface area contributed by atoms with Crippen molar-refractivity contribution >= 4 is 0 Å². The van der Waals surface area contributed by atoms with Crippen LogP contribution in [0.4, 0.5) is 0 Å². The van der Waals surface area contributed by atoms with E-state index >= 15 is 0 Å². The molecule has 0 bridgehead atoms. The monoisotopic (exact) mass is 271 g/mol. The molecule has 1 saturated carbocycles. The number of allylic oxidation sites excluding steroid dienone is 1. The Hall–Kier alpha value is -1.24. The molecule has 0 amide bonds. The first-order valence-electron chi connectivity index (χ1n) is 7.95. The maximum Gasteiger partial charge on any atom is 0.0211 e. The van der Waals surface area contributed by atoms with Crippen molar-refractivity contribution in [3.63, 3.8) is 0 Å². The average Bonchev–Trinajstić information content (AvgIpc) is 3.09. The fourth-order valence-electron chi connectivity index (χ4n) is 3.15. The van der Waals surface area contributed by atoms with E-state index in [2.05, 4.69) is 69.5 Å². The van der Waals surface area contributed by atoms with Crippen molar-refractivity contribution in [1.29, 1.82) is 0 Å². The summed E-state index contributed by atoms with van der Waals surface area (Å²) < 4.78 is 0. The van der Waals surface area contributed by atoms with Gasteiger partial charge >= 0.3 is 0 Å². The van der Waals surface area contributed by atoms with Crippen LogP contribution in [0.3, 0.4) is 0 Å².